The third-order valence-corrected chi connectivity index (χ3v) is 2.81. The molecule has 0 aliphatic carbocycles. The Bertz CT molecular complexity index is 566. The number of carbonyl (C=O) groups is 2. The molecule has 0 saturated heterocycles. The van der Waals surface area contributed by atoms with Gasteiger partial charge in [0.25, 0.3) is 11.7 Å². The van der Waals surface area contributed by atoms with Gasteiger partial charge in [-0.05, 0) is 0 Å². The third-order valence-electron chi connectivity index (χ3n) is 2.81. The highest BCUT2D eigenvalue weighted by Gasteiger charge is 2.39. The predicted molar refractivity (Wildman–Crippen MR) is 65.6 cm³/mol. The smallest absolute Gasteiger partial charge is 0.297 e. The van der Waals surface area contributed by atoms with Crippen molar-refractivity contribution in [1.29, 1.82) is 0 Å². The molecule has 0 radical (unpaired) electrons. The number of ether oxygens (including phenoxy) is 4. The van der Waals surface area contributed by atoms with Crippen molar-refractivity contribution >= 4 is 17.4 Å². The quantitative estimate of drug-likeness (QED) is 0.814. The molecule has 1 aliphatic heterocycles. The second-order valence-corrected chi connectivity index (χ2v) is 3.67. The first kappa shape index (κ1) is 13.0. The second-order valence-electron chi connectivity index (χ2n) is 3.67. The van der Waals surface area contributed by atoms with Gasteiger partial charge in [-0.2, -0.15) is 0 Å². The molecule has 1 N–H and O–H groups in total. The summed E-state index contributed by atoms with van der Waals surface area (Å²) in [5.41, 5.74) is 0.314. The SMILES string of the molecule is COc1c2c(c(OC)c(OC)c1OC)C(=O)C(=O)N2. The summed E-state index contributed by atoms with van der Waals surface area (Å²) < 4.78 is 20.7. The number of benzene rings is 1. The first-order valence-electron chi connectivity index (χ1n) is 5.36. The highest BCUT2D eigenvalue weighted by Crippen LogP contribution is 2.53. The number of hydrogen-bond acceptors (Lipinski definition) is 6. The highest BCUT2D eigenvalue weighted by molar-refractivity contribution is 6.53. The minimum absolute atomic E-state index is 0.0852. The lowest BCUT2D eigenvalue weighted by Gasteiger charge is -2.18. The van der Waals surface area contributed by atoms with E-state index >= 15 is 0 Å². The molecule has 0 saturated carbocycles. The van der Waals surface area contributed by atoms with Crippen molar-refractivity contribution in [2.45, 2.75) is 0 Å². The Balaban J connectivity index is 2.87. The minimum atomic E-state index is -0.748. The Kier molecular flexibility index (Phi) is 3.20. The molecule has 19 heavy (non-hydrogen) atoms. The van der Waals surface area contributed by atoms with Crippen molar-refractivity contribution in [3.8, 4) is 23.0 Å². The number of methoxy groups -OCH3 is 4. The summed E-state index contributed by atoms with van der Waals surface area (Å²) in [5, 5.41) is 2.44. The predicted octanol–water partition coefficient (Wildman–Crippen LogP) is 0.856. The van der Waals surface area contributed by atoms with E-state index in [4.69, 9.17) is 18.9 Å². The zero-order valence-electron chi connectivity index (χ0n) is 10.9. The fourth-order valence-electron chi connectivity index (χ4n) is 2.04. The van der Waals surface area contributed by atoms with Gasteiger partial charge in [-0.1, -0.05) is 0 Å². The number of rotatable bonds is 4. The van der Waals surface area contributed by atoms with Crippen LogP contribution in [0.2, 0.25) is 0 Å². The molecule has 0 bridgehead atoms. The Labute approximate surface area is 109 Å². The summed E-state index contributed by atoms with van der Waals surface area (Å²) in [6.45, 7) is 0. The maximum atomic E-state index is 11.9. The normalized spacial score (nSPS) is 12.8. The molecule has 0 atom stereocenters. The highest BCUT2D eigenvalue weighted by atomic mass is 16.5. The summed E-state index contributed by atoms with van der Waals surface area (Å²) in [5.74, 6) is -0.651. The van der Waals surface area contributed by atoms with Crippen molar-refractivity contribution in [2.75, 3.05) is 33.8 Å². The molecule has 7 nitrogen and oxygen atoms in total. The lowest BCUT2D eigenvalue weighted by atomic mass is 10.1. The van der Waals surface area contributed by atoms with E-state index in [1.54, 1.807) is 0 Å². The average Bonchev–Trinajstić information content (AvgIpc) is 2.71. The van der Waals surface area contributed by atoms with Crippen molar-refractivity contribution < 1.29 is 28.5 Å². The van der Waals surface area contributed by atoms with Crippen LogP contribution in [-0.4, -0.2) is 40.1 Å². The van der Waals surface area contributed by atoms with Gasteiger partial charge in [-0.3, -0.25) is 9.59 Å². The molecule has 0 fully saturated rings. The Morgan fingerprint density at radius 2 is 1.21 bits per heavy atom. The molecular formula is C12H13NO6. The molecule has 1 aliphatic rings. The van der Waals surface area contributed by atoms with Crippen LogP contribution in [0.25, 0.3) is 0 Å². The number of anilines is 1. The zero-order chi connectivity index (χ0) is 14.2. The van der Waals surface area contributed by atoms with Crippen LogP contribution in [0.1, 0.15) is 10.4 Å². The monoisotopic (exact) mass is 267 g/mol. The van der Waals surface area contributed by atoms with Gasteiger partial charge in [0.2, 0.25) is 11.5 Å². The van der Waals surface area contributed by atoms with Gasteiger partial charge >= 0.3 is 0 Å². The summed E-state index contributed by atoms with van der Waals surface area (Å²) in [7, 11) is 5.60. The molecular weight excluding hydrogens is 254 g/mol. The van der Waals surface area contributed by atoms with E-state index in [1.165, 1.54) is 28.4 Å². The zero-order valence-corrected chi connectivity index (χ0v) is 10.9. The van der Waals surface area contributed by atoms with Gasteiger partial charge < -0.3 is 24.3 Å². The Morgan fingerprint density at radius 3 is 1.68 bits per heavy atom. The molecule has 7 heteroatoms. The summed E-state index contributed by atoms with van der Waals surface area (Å²) in [6.07, 6.45) is 0. The van der Waals surface area contributed by atoms with Crippen LogP contribution in [0, 0.1) is 0 Å². The largest absolute Gasteiger partial charge is 0.492 e. The van der Waals surface area contributed by atoms with Crippen molar-refractivity contribution in [3.63, 3.8) is 0 Å². The fraction of sp³-hybridized carbons (Fsp3) is 0.333. The van der Waals surface area contributed by atoms with Gasteiger partial charge in [0.05, 0.1) is 28.4 Å². The van der Waals surface area contributed by atoms with E-state index in [0.717, 1.165) is 0 Å². The average molecular weight is 267 g/mol. The molecule has 1 heterocycles. The van der Waals surface area contributed by atoms with Gasteiger partial charge in [0.15, 0.2) is 11.5 Å². The number of nitrogens with one attached hydrogen (secondary N) is 1. The molecule has 1 aromatic rings. The van der Waals surface area contributed by atoms with Crippen molar-refractivity contribution in [3.05, 3.63) is 5.56 Å². The maximum absolute atomic E-state index is 11.9. The number of amides is 1. The fourth-order valence-corrected chi connectivity index (χ4v) is 2.04. The van der Waals surface area contributed by atoms with E-state index < -0.39 is 11.7 Å². The van der Waals surface area contributed by atoms with Crippen molar-refractivity contribution in [2.24, 2.45) is 0 Å². The van der Waals surface area contributed by atoms with Crippen LogP contribution in [0.3, 0.4) is 0 Å². The minimum Gasteiger partial charge on any atom is -0.492 e. The lowest BCUT2D eigenvalue weighted by Crippen LogP contribution is -2.13. The van der Waals surface area contributed by atoms with Gasteiger partial charge in [0, 0.05) is 0 Å². The standard InChI is InChI=1S/C12H13NO6/c1-16-8-5-6(13-12(15)7(5)14)9(17-2)11(19-4)10(8)18-3/h1-4H3,(H,13,14,15). The Morgan fingerprint density at radius 1 is 0.737 bits per heavy atom. The molecule has 1 aromatic carbocycles. The second kappa shape index (κ2) is 4.68. The van der Waals surface area contributed by atoms with E-state index in [9.17, 15) is 9.59 Å². The maximum Gasteiger partial charge on any atom is 0.297 e. The summed E-state index contributed by atoms with van der Waals surface area (Å²) in [6, 6.07) is 0. The molecule has 0 unspecified atom stereocenters. The topological polar surface area (TPSA) is 83.1 Å². The van der Waals surface area contributed by atoms with Crippen LogP contribution in [0.4, 0.5) is 5.69 Å². The van der Waals surface area contributed by atoms with E-state index in [2.05, 4.69) is 5.32 Å². The summed E-state index contributed by atoms with van der Waals surface area (Å²) >= 11 is 0. The third kappa shape index (κ3) is 1.66. The van der Waals surface area contributed by atoms with Crippen LogP contribution in [-0.2, 0) is 4.79 Å². The van der Waals surface area contributed by atoms with E-state index in [1.807, 2.05) is 0 Å². The van der Waals surface area contributed by atoms with Gasteiger partial charge in [-0.15, -0.1) is 0 Å². The number of fused-ring (bicyclic) bond motifs is 1. The van der Waals surface area contributed by atoms with Crippen LogP contribution >= 0.6 is 0 Å². The number of Topliss-reactive ketones (excluding diaryl/α,β-unsaturated/α-hetero) is 1. The van der Waals surface area contributed by atoms with E-state index in [0.29, 0.717) is 0 Å². The van der Waals surface area contributed by atoms with Gasteiger partial charge in [0.1, 0.15) is 11.3 Å². The molecule has 2 rings (SSSR count). The molecule has 102 valence electrons. The van der Waals surface area contributed by atoms with Crippen LogP contribution in [0.5, 0.6) is 23.0 Å². The molecule has 0 spiro atoms. The van der Waals surface area contributed by atoms with Gasteiger partial charge in [-0.25, -0.2) is 0 Å². The first-order valence-corrected chi connectivity index (χ1v) is 5.36. The summed E-state index contributed by atoms with van der Waals surface area (Å²) in [4.78, 5) is 23.4. The van der Waals surface area contributed by atoms with Crippen LogP contribution < -0.4 is 24.3 Å². The first-order chi connectivity index (χ1) is 9.10. The number of ketones is 1. The number of carbonyl (C=O) groups excluding carboxylic acids is 2. The van der Waals surface area contributed by atoms with E-state index in [-0.39, 0.29) is 34.2 Å². The van der Waals surface area contributed by atoms with Crippen LogP contribution in [0.15, 0.2) is 0 Å². The van der Waals surface area contributed by atoms with Crippen molar-refractivity contribution in [1.82, 2.24) is 0 Å². The number of hydrogen-bond donors (Lipinski definition) is 1. The Hall–Kier alpha value is -2.44. The molecule has 0 aromatic heterocycles. The molecule has 1 amide bonds. The lowest BCUT2D eigenvalue weighted by molar-refractivity contribution is -0.112.